The van der Waals surface area contributed by atoms with Crippen molar-refractivity contribution >= 4 is 39.0 Å². The summed E-state index contributed by atoms with van der Waals surface area (Å²) < 4.78 is 27.0. The molecule has 27 heavy (non-hydrogen) atoms. The molecule has 142 valence electrons. The average molecular weight is 407 g/mol. The summed E-state index contributed by atoms with van der Waals surface area (Å²) >= 11 is 5.83. The maximum Gasteiger partial charge on any atom is 0.243 e. The largest absolute Gasteiger partial charge is 0.325 e. The number of sulfonamides is 1. The minimum Gasteiger partial charge on any atom is -0.325 e. The molecular weight excluding hydrogens is 388 g/mol. The van der Waals surface area contributed by atoms with E-state index < -0.39 is 16.1 Å². The molecule has 0 spiro atoms. The molecule has 1 heterocycles. The van der Waals surface area contributed by atoms with E-state index in [0.29, 0.717) is 29.1 Å². The zero-order valence-corrected chi connectivity index (χ0v) is 16.3. The molecule has 1 aliphatic rings. The van der Waals surface area contributed by atoms with E-state index in [4.69, 9.17) is 11.6 Å². The van der Waals surface area contributed by atoms with Crippen LogP contribution in [-0.4, -0.2) is 37.0 Å². The molecular formula is C19H19ClN2O4S. The quantitative estimate of drug-likeness (QED) is 0.772. The summed E-state index contributed by atoms with van der Waals surface area (Å²) in [5.41, 5.74) is 1.06. The van der Waals surface area contributed by atoms with Gasteiger partial charge in [0, 0.05) is 22.8 Å². The molecule has 0 saturated carbocycles. The van der Waals surface area contributed by atoms with Gasteiger partial charge in [-0.15, -0.1) is 0 Å². The Morgan fingerprint density at radius 2 is 1.70 bits per heavy atom. The first kappa shape index (κ1) is 19.5. The molecule has 8 heteroatoms. The van der Waals surface area contributed by atoms with Gasteiger partial charge in [0.2, 0.25) is 15.9 Å². The van der Waals surface area contributed by atoms with Crippen molar-refractivity contribution in [1.29, 1.82) is 0 Å². The molecule has 1 N–H and O–H groups in total. The number of halogens is 1. The number of amides is 1. The van der Waals surface area contributed by atoms with Gasteiger partial charge >= 0.3 is 0 Å². The Labute approximate surface area is 163 Å². The molecule has 0 radical (unpaired) electrons. The predicted molar refractivity (Wildman–Crippen MR) is 103 cm³/mol. The minimum atomic E-state index is -3.79. The van der Waals surface area contributed by atoms with Gasteiger partial charge in [0.25, 0.3) is 0 Å². The van der Waals surface area contributed by atoms with Gasteiger partial charge in [0.05, 0.1) is 4.90 Å². The number of hydrogen-bond acceptors (Lipinski definition) is 4. The number of hydrogen-bond donors (Lipinski definition) is 1. The molecule has 0 unspecified atom stereocenters. The highest BCUT2D eigenvalue weighted by Crippen LogP contribution is 2.27. The first-order valence-corrected chi connectivity index (χ1v) is 10.3. The van der Waals surface area contributed by atoms with Crippen LogP contribution in [0.15, 0.2) is 53.4 Å². The SMILES string of the molecule is CC(=O)c1ccc(NC(=O)[C@H]2CCCN2S(=O)(=O)c2ccc(Cl)cc2)cc1. The standard InChI is InChI=1S/C19H19ClN2O4S/c1-13(23)14-4-8-16(9-5-14)21-19(24)18-3-2-12-22(18)27(25,26)17-10-6-15(20)7-11-17/h4-11,18H,2-3,12H2,1H3,(H,21,24)/t18-/m1/s1. The van der Waals surface area contributed by atoms with Crippen LogP contribution in [0.4, 0.5) is 5.69 Å². The topological polar surface area (TPSA) is 83.6 Å². The van der Waals surface area contributed by atoms with Crippen molar-refractivity contribution < 1.29 is 18.0 Å². The monoisotopic (exact) mass is 406 g/mol. The second-order valence-corrected chi connectivity index (χ2v) is 8.68. The van der Waals surface area contributed by atoms with Crippen LogP contribution in [0.1, 0.15) is 30.1 Å². The van der Waals surface area contributed by atoms with Gasteiger partial charge in [0.1, 0.15) is 6.04 Å². The Hall–Kier alpha value is -2.22. The lowest BCUT2D eigenvalue weighted by molar-refractivity contribution is -0.119. The second-order valence-electron chi connectivity index (χ2n) is 6.35. The predicted octanol–water partition coefficient (Wildman–Crippen LogP) is 3.33. The number of benzene rings is 2. The van der Waals surface area contributed by atoms with E-state index in [1.165, 1.54) is 35.5 Å². The number of carbonyl (C=O) groups is 2. The van der Waals surface area contributed by atoms with Crippen molar-refractivity contribution in [3.8, 4) is 0 Å². The van der Waals surface area contributed by atoms with Gasteiger partial charge in [-0.2, -0.15) is 4.31 Å². The molecule has 1 aliphatic heterocycles. The maximum absolute atomic E-state index is 12.9. The fourth-order valence-electron chi connectivity index (χ4n) is 3.05. The van der Waals surface area contributed by atoms with E-state index in [2.05, 4.69) is 5.32 Å². The molecule has 0 aromatic heterocycles. The zero-order chi connectivity index (χ0) is 19.6. The van der Waals surface area contributed by atoms with Crippen molar-refractivity contribution in [2.24, 2.45) is 0 Å². The number of rotatable bonds is 5. The van der Waals surface area contributed by atoms with Gasteiger partial charge in [-0.05, 0) is 68.3 Å². The summed E-state index contributed by atoms with van der Waals surface area (Å²) in [6, 6.07) is 11.6. The molecule has 0 bridgehead atoms. The highest BCUT2D eigenvalue weighted by atomic mass is 35.5. The van der Waals surface area contributed by atoms with Crippen LogP contribution >= 0.6 is 11.6 Å². The van der Waals surface area contributed by atoms with E-state index in [1.54, 1.807) is 24.3 Å². The molecule has 6 nitrogen and oxygen atoms in total. The Kier molecular flexibility index (Phi) is 5.64. The van der Waals surface area contributed by atoms with Gasteiger partial charge in [0.15, 0.2) is 5.78 Å². The first-order chi connectivity index (χ1) is 12.8. The number of nitrogens with zero attached hydrogens (tertiary/aromatic N) is 1. The summed E-state index contributed by atoms with van der Waals surface area (Å²) in [6.07, 6.45) is 1.05. The van der Waals surface area contributed by atoms with Gasteiger partial charge in [-0.3, -0.25) is 9.59 Å². The zero-order valence-electron chi connectivity index (χ0n) is 14.7. The fraction of sp³-hybridized carbons (Fsp3) is 0.263. The van der Waals surface area contributed by atoms with E-state index in [9.17, 15) is 18.0 Å². The third-order valence-corrected chi connectivity index (χ3v) is 6.66. The summed E-state index contributed by atoms with van der Waals surface area (Å²) in [7, 11) is -3.79. The third kappa shape index (κ3) is 4.21. The Morgan fingerprint density at radius 1 is 1.07 bits per heavy atom. The summed E-state index contributed by atoms with van der Waals surface area (Å²) in [6.45, 7) is 1.75. The summed E-state index contributed by atoms with van der Waals surface area (Å²) in [5, 5.41) is 3.18. The summed E-state index contributed by atoms with van der Waals surface area (Å²) in [4.78, 5) is 24.1. The van der Waals surface area contributed by atoms with E-state index in [0.717, 1.165) is 0 Å². The molecule has 1 amide bonds. The van der Waals surface area contributed by atoms with Crippen molar-refractivity contribution in [3.05, 3.63) is 59.1 Å². The van der Waals surface area contributed by atoms with Crippen LogP contribution in [0, 0.1) is 0 Å². The molecule has 0 aliphatic carbocycles. The highest BCUT2D eigenvalue weighted by Gasteiger charge is 2.39. The second kappa shape index (κ2) is 7.80. The Bertz CT molecular complexity index is 956. The number of anilines is 1. The lowest BCUT2D eigenvalue weighted by Gasteiger charge is -2.23. The molecule has 1 fully saturated rings. The van der Waals surface area contributed by atoms with Crippen LogP contribution in [0.25, 0.3) is 0 Å². The van der Waals surface area contributed by atoms with Gasteiger partial charge < -0.3 is 5.32 Å². The molecule has 2 aromatic rings. The van der Waals surface area contributed by atoms with E-state index in [1.807, 2.05) is 0 Å². The van der Waals surface area contributed by atoms with Gasteiger partial charge in [-0.25, -0.2) is 8.42 Å². The number of Topliss-reactive ketones (excluding diaryl/α,β-unsaturated/α-hetero) is 1. The van der Waals surface area contributed by atoms with Crippen LogP contribution in [-0.2, 0) is 14.8 Å². The van der Waals surface area contributed by atoms with Crippen LogP contribution in [0.5, 0.6) is 0 Å². The number of nitrogens with one attached hydrogen (secondary N) is 1. The average Bonchev–Trinajstić information content (AvgIpc) is 3.13. The lowest BCUT2D eigenvalue weighted by atomic mass is 10.1. The first-order valence-electron chi connectivity index (χ1n) is 8.48. The van der Waals surface area contributed by atoms with Crippen LogP contribution < -0.4 is 5.32 Å². The molecule has 1 atom stereocenters. The third-order valence-electron chi connectivity index (χ3n) is 4.49. The highest BCUT2D eigenvalue weighted by molar-refractivity contribution is 7.89. The van der Waals surface area contributed by atoms with Crippen molar-refractivity contribution in [3.63, 3.8) is 0 Å². The maximum atomic E-state index is 12.9. The molecule has 3 rings (SSSR count). The lowest BCUT2D eigenvalue weighted by Crippen LogP contribution is -2.43. The number of carbonyl (C=O) groups excluding carboxylic acids is 2. The Morgan fingerprint density at radius 3 is 2.30 bits per heavy atom. The fourth-order valence-corrected chi connectivity index (χ4v) is 4.83. The van der Waals surface area contributed by atoms with Crippen molar-refractivity contribution in [2.45, 2.75) is 30.7 Å². The molecule has 1 saturated heterocycles. The van der Waals surface area contributed by atoms with Gasteiger partial charge in [-0.1, -0.05) is 11.6 Å². The van der Waals surface area contributed by atoms with E-state index >= 15 is 0 Å². The molecule has 2 aromatic carbocycles. The Balaban J connectivity index is 1.78. The van der Waals surface area contributed by atoms with Crippen LogP contribution in [0.2, 0.25) is 5.02 Å². The van der Waals surface area contributed by atoms with E-state index in [-0.39, 0.29) is 23.1 Å². The smallest absolute Gasteiger partial charge is 0.243 e. The normalized spacial score (nSPS) is 17.6. The summed E-state index contributed by atoms with van der Waals surface area (Å²) in [5.74, 6) is -0.454. The van der Waals surface area contributed by atoms with Crippen molar-refractivity contribution in [1.82, 2.24) is 4.31 Å². The van der Waals surface area contributed by atoms with Crippen LogP contribution in [0.3, 0.4) is 0 Å². The minimum absolute atomic E-state index is 0.0658. The number of ketones is 1. The van der Waals surface area contributed by atoms with Crippen molar-refractivity contribution in [2.75, 3.05) is 11.9 Å².